The Labute approximate surface area is 133 Å². The quantitative estimate of drug-likeness (QED) is 0.364. The van der Waals surface area contributed by atoms with Gasteiger partial charge in [0.25, 0.3) is 0 Å². The topological polar surface area (TPSA) is 59.7 Å². The molecule has 0 N–H and O–H groups in total. The van der Waals surface area contributed by atoms with Gasteiger partial charge < -0.3 is 0 Å². The first-order valence-electron chi connectivity index (χ1n) is 7.09. The van der Waals surface area contributed by atoms with Crippen LogP contribution in [0.4, 0.5) is 0 Å². The molecule has 22 heavy (non-hydrogen) atoms. The standard InChI is InChI=1S/C16H20GeN4O/c1-13(15-7-5-6-10-19-15)20-21-16(22-17(2,3)4)14-8-11-18-12-9-14/h5-12H,1-4H3/b20-13+,21-16-. The second-order valence-electron chi connectivity index (χ2n) is 5.76. The van der Waals surface area contributed by atoms with Gasteiger partial charge in [0.1, 0.15) is 0 Å². The molecule has 0 fully saturated rings. The summed E-state index contributed by atoms with van der Waals surface area (Å²) < 4.78 is 6.09. The van der Waals surface area contributed by atoms with Crippen molar-refractivity contribution >= 4 is 25.2 Å². The number of hydrogen-bond acceptors (Lipinski definition) is 5. The number of aromatic nitrogens is 2. The number of hydrogen-bond donors (Lipinski definition) is 0. The van der Waals surface area contributed by atoms with Gasteiger partial charge in [-0.15, -0.1) is 0 Å². The number of rotatable bonds is 4. The third-order valence-corrected chi connectivity index (χ3v) is 4.35. The molecule has 6 heteroatoms. The van der Waals surface area contributed by atoms with E-state index in [0.717, 1.165) is 17.0 Å². The van der Waals surface area contributed by atoms with E-state index in [1.165, 1.54) is 0 Å². The van der Waals surface area contributed by atoms with E-state index in [1.54, 1.807) is 18.6 Å². The van der Waals surface area contributed by atoms with Gasteiger partial charge in [-0.25, -0.2) is 0 Å². The Kier molecular flexibility index (Phi) is 5.43. The van der Waals surface area contributed by atoms with E-state index in [-0.39, 0.29) is 0 Å². The van der Waals surface area contributed by atoms with Crippen LogP contribution in [0.25, 0.3) is 0 Å². The fraction of sp³-hybridized carbons (Fsp3) is 0.250. The molecule has 0 bridgehead atoms. The van der Waals surface area contributed by atoms with Gasteiger partial charge in [-0.1, -0.05) is 0 Å². The zero-order chi connectivity index (χ0) is 16.0. The van der Waals surface area contributed by atoms with E-state index < -0.39 is 13.6 Å². The second-order valence-corrected chi connectivity index (χ2v) is 15.0. The van der Waals surface area contributed by atoms with Crippen molar-refractivity contribution in [2.75, 3.05) is 0 Å². The van der Waals surface area contributed by atoms with Crippen LogP contribution in [0.1, 0.15) is 18.2 Å². The summed E-state index contributed by atoms with van der Waals surface area (Å²) in [6.07, 6.45) is 5.18. The SMILES string of the molecule is C/C(=N\N=C(/[O][Ge]([CH3])([CH3])[CH3])c1ccncc1)c1ccccn1. The van der Waals surface area contributed by atoms with Crippen molar-refractivity contribution in [3.8, 4) is 0 Å². The zero-order valence-electron chi connectivity index (χ0n) is 13.3. The van der Waals surface area contributed by atoms with E-state index in [0.29, 0.717) is 5.90 Å². The molecule has 0 aliphatic heterocycles. The first-order chi connectivity index (χ1) is 10.5. The van der Waals surface area contributed by atoms with Crippen molar-refractivity contribution in [3.63, 3.8) is 0 Å². The van der Waals surface area contributed by atoms with Crippen LogP contribution < -0.4 is 0 Å². The van der Waals surface area contributed by atoms with Crippen LogP contribution in [0.15, 0.2) is 59.1 Å². The Balaban J connectivity index is 2.33. The van der Waals surface area contributed by atoms with Crippen LogP contribution in [0.5, 0.6) is 0 Å². The fourth-order valence-corrected chi connectivity index (χ4v) is 3.22. The van der Waals surface area contributed by atoms with Gasteiger partial charge in [0.05, 0.1) is 0 Å². The molecule has 0 amide bonds. The van der Waals surface area contributed by atoms with Crippen LogP contribution in [-0.2, 0) is 3.76 Å². The molecule has 0 saturated carbocycles. The van der Waals surface area contributed by atoms with Crippen LogP contribution in [0.3, 0.4) is 0 Å². The summed E-state index contributed by atoms with van der Waals surface area (Å²) in [5.74, 6) is 7.02. The van der Waals surface area contributed by atoms with Crippen LogP contribution >= 0.6 is 0 Å². The Morgan fingerprint density at radius 1 is 1.00 bits per heavy atom. The molecule has 2 aromatic rings. The van der Waals surface area contributed by atoms with Gasteiger partial charge in [-0.3, -0.25) is 0 Å². The minimum atomic E-state index is -2.29. The molecule has 0 saturated heterocycles. The third-order valence-electron chi connectivity index (χ3n) is 2.66. The molecule has 0 unspecified atom stereocenters. The summed E-state index contributed by atoms with van der Waals surface area (Å²) in [4.78, 5) is 8.29. The number of nitrogens with zero attached hydrogens (tertiary/aromatic N) is 4. The summed E-state index contributed by atoms with van der Waals surface area (Å²) in [6.45, 7) is 1.88. The molecule has 2 rings (SSSR count). The van der Waals surface area contributed by atoms with E-state index in [2.05, 4.69) is 37.4 Å². The predicted octanol–water partition coefficient (Wildman–Crippen LogP) is 3.50. The fourth-order valence-electron chi connectivity index (χ4n) is 1.67. The van der Waals surface area contributed by atoms with Gasteiger partial charge in [0, 0.05) is 0 Å². The maximum atomic E-state index is 6.09. The normalized spacial score (nSPS) is 13.1. The van der Waals surface area contributed by atoms with Crippen molar-refractivity contribution in [2.45, 2.75) is 24.2 Å². The van der Waals surface area contributed by atoms with Crippen molar-refractivity contribution < 1.29 is 3.76 Å². The molecule has 0 atom stereocenters. The van der Waals surface area contributed by atoms with E-state index in [9.17, 15) is 0 Å². The molecule has 0 aromatic carbocycles. The summed E-state index contributed by atoms with van der Waals surface area (Å²) >= 11 is -2.29. The Morgan fingerprint density at radius 2 is 1.73 bits per heavy atom. The first kappa shape index (κ1) is 16.4. The van der Waals surface area contributed by atoms with Crippen molar-refractivity contribution in [3.05, 3.63) is 60.2 Å². The molecule has 2 heterocycles. The average molecular weight is 357 g/mol. The Hall–Kier alpha value is -2.02. The van der Waals surface area contributed by atoms with E-state index in [1.807, 2.05) is 37.3 Å². The summed E-state index contributed by atoms with van der Waals surface area (Å²) in [5, 5.41) is 8.60. The van der Waals surface area contributed by atoms with Gasteiger partial charge in [-0.05, 0) is 0 Å². The van der Waals surface area contributed by atoms with Crippen LogP contribution in [0.2, 0.25) is 17.3 Å². The summed E-state index contributed by atoms with van der Waals surface area (Å²) in [7, 11) is 0. The minimum absolute atomic E-state index is 0.546. The van der Waals surface area contributed by atoms with Crippen molar-refractivity contribution in [1.29, 1.82) is 0 Å². The molecule has 0 spiro atoms. The first-order valence-corrected chi connectivity index (χ1v) is 14.2. The monoisotopic (exact) mass is 358 g/mol. The van der Waals surface area contributed by atoms with Gasteiger partial charge in [-0.2, -0.15) is 0 Å². The van der Waals surface area contributed by atoms with E-state index in [4.69, 9.17) is 3.76 Å². The van der Waals surface area contributed by atoms with Crippen molar-refractivity contribution in [2.24, 2.45) is 10.2 Å². The molecule has 0 aliphatic carbocycles. The predicted molar refractivity (Wildman–Crippen MR) is 91.7 cm³/mol. The molecular weight excluding hydrogens is 337 g/mol. The van der Waals surface area contributed by atoms with Crippen molar-refractivity contribution in [1.82, 2.24) is 9.97 Å². The third kappa shape index (κ3) is 5.07. The molecule has 114 valence electrons. The molecule has 5 nitrogen and oxygen atoms in total. The second kappa shape index (κ2) is 7.31. The van der Waals surface area contributed by atoms with Crippen LogP contribution in [0, 0.1) is 0 Å². The molecule has 2 aromatic heterocycles. The molecule has 0 aliphatic rings. The average Bonchev–Trinajstić information content (AvgIpc) is 2.52. The summed E-state index contributed by atoms with van der Waals surface area (Å²) in [6, 6.07) is 9.45. The number of pyridine rings is 2. The van der Waals surface area contributed by atoms with Gasteiger partial charge >= 0.3 is 134 Å². The van der Waals surface area contributed by atoms with E-state index >= 15 is 0 Å². The molecular formula is C16H20GeN4O. The Bertz CT molecular complexity index is 664. The zero-order valence-corrected chi connectivity index (χ0v) is 15.4. The van der Waals surface area contributed by atoms with Crippen LogP contribution in [-0.4, -0.2) is 35.2 Å². The maximum absolute atomic E-state index is 6.09. The van der Waals surface area contributed by atoms with Gasteiger partial charge in [0.15, 0.2) is 0 Å². The summed E-state index contributed by atoms with van der Waals surface area (Å²) in [5.41, 5.74) is 2.43. The van der Waals surface area contributed by atoms with Gasteiger partial charge in [0.2, 0.25) is 0 Å². The Morgan fingerprint density at radius 3 is 2.32 bits per heavy atom. The molecule has 0 radical (unpaired) electrons.